The van der Waals surface area contributed by atoms with Gasteiger partial charge >= 0.3 is 0 Å². The molecule has 0 fully saturated rings. The minimum atomic E-state index is 0.408. The molecule has 0 saturated carbocycles. The van der Waals surface area contributed by atoms with Crippen molar-refractivity contribution in [1.29, 1.82) is 0 Å². The van der Waals surface area contributed by atoms with E-state index in [1.54, 1.807) is 18.2 Å². The molecule has 94 valence electrons. The Morgan fingerprint density at radius 1 is 1.28 bits per heavy atom. The number of aromatic nitrogens is 2. The van der Waals surface area contributed by atoms with E-state index in [2.05, 4.69) is 16.9 Å². The molecule has 0 bridgehead atoms. The molecule has 2 aromatic rings. The molecule has 0 amide bonds. The molecular formula is C13H14ClN3O. The van der Waals surface area contributed by atoms with Gasteiger partial charge in [-0.25, -0.2) is 4.98 Å². The minimum Gasteiger partial charge on any atom is -0.439 e. The van der Waals surface area contributed by atoms with Crippen molar-refractivity contribution < 1.29 is 4.74 Å². The van der Waals surface area contributed by atoms with Crippen molar-refractivity contribution in [2.75, 3.05) is 5.73 Å². The second kappa shape index (κ2) is 5.69. The number of hydrogen-bond acceptors (Lipinski definition) is 4. The van der Waals surface area contributed by atoms with E-state index in [-0.39, 0.29) is 0 Å². The summed E-state index contributed by atoms with van der Waals surface area (Å²) in [5, 5.41) is 0.614. The highest BCUT2D eigenvalue weighted by Crippen LogP contribution is 2.23. The van der Waals surface area contributed by atoms with Gasteiger partial charge in [-0.3, -0.25) is 0 Å². The third kappa shape index (κ3) is 3.34. The molecule has 0 radical (unpaired) electrons. The lowest BCUT2D eigenvalue weighted by Crippen LogP contribution is -2.01. The first-order valence-corrected chi connectivity index (χ1v) is 6.12. The monoisotopic (exact) mass is 263 g/mol. The zero-order valence-electron chi connectivity index (χ0n) is 10.1. The van der Waals surface area contributed by atoms with Crippen molar-refractivity contribution >= 4 is 17.4 Å². The van der Waals surface area contributed by atoms with Crippen molar-refractivity contribution in [1.82, 2.24) is 9.97 Å². The van der Waals surface area contributed by atoms with Crippen LogP contribution in [-0.4, -0.2) is 9.97 Å². The summed E-state index contributed by atoms with van der Waals surface area (Å²) in [6, 6.07) is 8.73. The number of ether oxygens (including phenoxy) is 1. The molecule has 2 rings (SSSR count). The molecule has 5 heteroatoms. The normalized spacial score (nSPS) is 10.3. The number of hydrogen-bond donors (Lipinski definition) is 1. The molecule has 2 N–H and O–H groups in total. The van der Waals surface area contributed by atoms with Gasteiger partial charge in [0.15, 0.2) is 0 Å². The van der Waals surface area contributed by atoms with Gasteiger partial charge in [0.2, 0.25) is 5.88 Å². The highest BCUT2D eigenvalue weighted by Gasteiger charge is 2.04. The lowest BCUT2D eigenvalue weighted by atomic mass is 10.3. The number of aryl methyl sites for hydroxylation is 1. The predicted octanol–water partition coefficient (Wildman–Crippen LogP) is 3.46. The van der Waals surface area contributed by atoms with E-state index in [1.165, 1.54) is 0 Å². The Morgan fingerprint density at radius 2 is 2.11 bits per heavy atom. The van der Waals surface area contributed by atoms with Crippen LogP contribution < -0.4 is 10.5 Å². The lowest BCUT2D eigenvalue weighted by Gasteiger charge is -2.07. The van der Waals surface area contributed by atoms with Gasteiger partial charge < -0.3 is 10.5 Å². The number of anilines is 1. The summed E-state index contributed by atoms with van der Waals surface area (Å²) in [5.41, 5.74) is 5.72. The fourth-order valence-electron chi connectivity index (χ4n) is 1.53. The van der Waals surface area contributed by atoms with Gasteiger partial charge in [0, 0.05) is 17.5 Å². The van der Waals surface area contributed by atoms with E-state index in [0.717, 1.165) is 12.8 Å². The van der Waals surface area contributed by atoms with Gasteiger partial charge in [-0.05, 0) is 24.6 Å². The summed E-state index contributed by atoms with van der Waals surface area (Å²) >= 11 is 5.89. The van der Waals surface area contributed by atoms with Crippen LogP contribution in [0.1, 0.15) is 19.2 Å². The van der Waals surface area contributed by atoms with E-state index in [0.29, 0.717) is 28.3 Å². The molecule has 1 heterocycles. The Hall–Kier alpha value is -1.81. The fourth-order valence-corrected chi connectivity index (χ4v) is 1.71. The fraction of sp³-hybridized carbons (Fsp3) is 0.231. The van der Waals surface area contributed by atoms with Gasteiger partial charge in [-0.15, -0.1) is 0 Å². The van der Waals surface area contributed by atoms with Crippen molar-refractivity contribution in [2.24, 2.45) is 0 Å². The van der Waals surface area contributed by atoms with Crippen molar-refractivity contribution in [3.63, 3.8) is 0 Å². The standard InChI is InChI=1S/C13H14ClN3O/c1-2-4-12-16-11(15)8-13(17-12)18-10-6-3-5-9(14)7-10/h3,5-8H,2,4H2,1H3,(H2,15,16,17). The molecule has 18 heavy (non-hydrogen) atoms. The topological polar surface area (TPSA) is 61.0 Å². The number of nitrogens with zero attached hydrogens (tertiary/aromatic N) is 2. The molecule has 0 spiro atoms. The van der Waals surface area contributed by atoms with Crippen LogP contribution in [0, 0.1) is 0 Å². The van der Waals surface area contributed by atoms with Crippen LogP contribution in [-0.2, 0) is 6.42 Å². The summed E-state index contributed by atoms with van der Waals surface area (Å²) in [6.07, 6.45) is 1.73. The molecule has 0 atom stereocenters. The average Bonchev–Trinajstić information content (AvgIpc) is 2.28. The van der Waals surface area contributed by atoms with Crippen LogP contribution in [0.15, 0.2) is 30.3 Å². The quantitative estimate of drug-likeness (QED) is 0.918. The molecule has 4 nitrogen and oxygen atoms in total. The minimum absolute atomic E-state index is 0.408. The Morgan fingerprint density at radius 3 is 2.83 bits per heavy atom. The molecular weight excluding hydrogens is 250 g/mol. The maximum Gasteiger partial charge on any atom is 0.224 e. The smallest absolute Gasteiger partial charge is 0.224 e. The first-order chi connectivity index (χ1) is 8.67. The van der Waals surface area contributed by atoms with Gasteiger partial charge in [-0.1, -0.05) is 24.6 Å². The van der Waals surface area contributed by atoms with E-state index in [9.17, 15) is 0 Å². The molecule has 0 aliphatic heterocycles. The Kier molecular flexibility index (Phi) is 3.99. The van der Waals surface area contributed by atoms with Crippen molar-refractivity contribution in [3.05, 3.63) is 41.2 Å². The first-order valence-electron chi connectivity index (χ1n) is 5.74. The first kappa shape index (κ1) is 12.6. The summed E-state index contributed by atoms with van der Waals surface area (Å²) in [4.78, 5) is 8.44. The van der Waals surface area contributed by atoms with E-state index >= 15 is 0 Å². The van der Waals surface area contributed by atoms with Gasteiger partial charge in [-0.2, -0.15) is 4.98 Å². The van der Waals surface area contributed by atoms with E-state index in [1.807, 2.05) is 12.1 Å². The summed E-state index contributed by atoms with van der Waals surface area (Å²) in [6.45, 7) is 2.06. The maximum atomic E-state index is 5.89. The number of halogens is 1. The average molecular weight is 264 g/mol. The molecule has 1 aromatic carbocycles. The van der Waals surface area contributed by atoms with Crippen molar-refractivity contribution in [2.45, 2.75) is 19.8 Å². The van der Waals surface area contributed by atoms with E-state index < -0.39 is 0 Å². The van der Waals surface area contributed by atoms with Gasteiger partial charge in [0.25, 0.3) is 0 Å². The Balaban J connectivity index is 2.23. The summed E-state index contributed by atoms with van der Waals surface area (Å²) in [7, 11) is 0. The highest BCUT2D eigenvalue weighted by atomic mass is 35.5. The molecule has 1 aromatic heterocycles. The van der Waals surface area contributed by atoms with Crippen LogP contribution in [0.25, 0.3) is 0 Å². The van der Waals surface area contributed by atoms with Gasteiger partial charge in [0.1, 0.15) is 17.4 Å². The second-order valence-electron chi connectivity index (χ2n) is 3.86. The van der Waals surface area contributed by atoms with Crippen LogP contribution in [0.4, 0.5) is 5.82 Å². The zero-order chi connectivity index (χ0) is 13.0. The molecule has 0 saturated heterocycles. The van der Waals surface area contributed by atoms with Crippen LogP contribution in [0.2, 0.25) is 5.02 Å². The Labute approximate surface area is 111 Å². The lowest BCUT2D eigenvalue weighted by molar-refractivity contribution is 0.459. The second-order valence-corrected chi connectivity index (χ2v) is 4.29. The number of rotatable bonds is 4. The third-order valence-corrected chi connectivity index (χ3v) is 2.50. The van der Waals surface area contributed by atoms with Crippen LogP contribution in [0.3, 0.4) is 0 Å². The van der Waals surface area contributed by atoms with Crippen LogP contribution in [0.5, 0.6) is 11.6 Å². The third-order valence-electron chi connectivity index (χ3n) is 2.26. The number of benzene rings is 1. The largest absolute Gasteiger partial charge is 0.439 e. The maximum absolute atomic E-state index is 5.89. The van der Waals surface area contributed by atoms with Gasteiger partial charge in [0.05, 0.1) is 0 Å². The molecule has 0 unspecified atom stereocenters. The zero-order valence-corrected chi connectivity index (χ0v) is 10.8. The molecule has 0 aliphatic rings. The summed E-state index contributed by atoms with van der Waals surface area (Å²) in [5.74, 6) is 2.16. The number of nitrogens with two attached hydrogens (primary N) is 1. The molecule has 0 aliphatic carbocycles. The highest BCUT2D eigenvalue weighted by molar-refractivity contribution is 6.30. The summed E-state index contributed by atoms with van der Waals surface area (Å²) < 4.78 is 5.61. The SMILES string of the molecule is CCCc1nc(N)cc(Oc2cccc(Cl)c2)n1. The Bertz CT molecular complexity index is 546. The predicted molar refractivity (Wildman–Crippen MR) is 72.0 cm³/mol. The van der Waals surface area contributed by atoms with Crippen molar-refractivity contribution in [3.8, 4) is 11.6 Å². The van der Waals surface area contributed by atoms with E-state index in [4.69, 9.17) is 22.1 Å². The number of nitrogen functional groups attached to an aromatic ring is 1. The van der Waals surface area contributed by atoms with Crippen LogP contribution >= 0.6 is 11.6 Å².